The maximum Gasteiger partial charge on any atom is 0.118 e. The Hall–Kier alpha value is -1.69. The van der Waals surface area contributed by atoms with Crippen molar-refractivity contribution in [2.75, 3.05) is 13.2 Å². The first kappa shape index (κ1) is 16.8. The highest BCUT2D eigenvalue weighted by Gasteiger charge is 2.43. The zero-order chi connectivity index (χ0) is 17.1. The molecule has 0 unspecified atom stereocenters. The fraction of sp³-hybridized carbons (Fsp3) is 0.550. The van der Waals surface area contributed by atoms with E-state index in [0.29, 0.717) is 12.6 Å². The third-order valence-electron chi connectivity index (χ3n) is 5.29. The zero-order valence-electron chi connectivity index (χ0n) is 14.8. The maximum atomic E-state index is 6.31. The molecule has 3 heterocycles. The minimum atomic E-state index is 0.122. The van der Waals surface area contributed by atoms with Gasteiger partial charge in [-0.2, -0.15) is 0 Å². The summed E-state index contributed by atoms with van der Waals surface area (Å²) in [4.78, 5) is 6.54. The summed E-state index contributed by atoms with van der Waals surface area (Å²) < 4.78 is 18.3. The van der Waals surface area contributed by atoms with E-state index < -0.39 is 0 Å². The smallest absolute Gasteiger partial charge is 0.118 e. The number of aryl methyl sites for hydroxylation is 1. The molecule has 25 heavy (non-hydrogen) atoms. The van der Waals surface area contributed by atoms with Gasteiger partial charge in [-0.15, -0.1) is 0 Å². The monoisotopic (exact) mass is 342 g/mol. The lowest BCUT2D eigenvalue weighted by molar-refractivity contribution is -0.0616. The lowest BCUT2D eigenvalue weighted by Gasteiger charge is -2.30. The van der Waals surface area contributed by atoms with Crippen molar-refractivity contribution >= 4 is 0 Å². The number of furan rings is 1. The van der Waals surface area contributed by atoms with Gasteiger partial charge in [-0.25, -0.2) is 0 Å². The SMILES string of the molecule is CCc1ccc(CN2CCO[C@H]3CC[C@H]2[C@H]3OCc2ccncc2)o1. The average Bonchev–Trinajstić information content (AvgIpc) is 3.21. The van der Waals surface area contributed by atoms with Gasteiger partial charge in [0.25, 0.3) is 0 Å². The molecule has 1 aliphatic heterocycles. The number of rotatable bonds is 6. The highest BCUT2D eigenvalue weighted by atomic mass is 16.5. The quantitative estimate of drug-likeness (QED) is 0.807. The van der Waals surface area contributed by atoms with Gasteiger partial charge in [0.05, 0.1) is 32.0 Å². The molecule has 2 aromatic rings. The maximum absolute atomic E-state index is 6.31. The lowest BCUT2D eigenvalue weighted by atomic mass is 10.1. The van der Waals surface area contributed by atoms with E-state index in [2.05, 4.69) is 28.9 Å². The first-order valence-corrected chi connectivity index (χ1v) is 9.27. The van der Waals surface area contributed by atoms with Crippen LogP contribution in [0.4, 0.5) is 0 Å². The van der Waals surface area contributed by atoms with Crippen LogP contribution >= 0.6 is 0 Å². The van der Waals surface area contributed by atoms with E-state index in [4.69, 9.17) is 13.9 Å². The van der Waals surface area contributed by atoms with Crippen LogP contribution in [0.2, 0.25) is 0 Å². The Labute approximate surface area is 148 Å². The molecule has 0 aromatic carbocycles. The number of hydrogen-bond acceptors (Lipinski definition) is 5. The fourth-order valence-electron chi connectivity index (χ4n) is 3.95. The van der Waals surface area contributed by atoms with Crippen LogP contribution in [0.25, 0.3) is 0 Å². The minimum Gasteiger partial charge on any atom is -0.465 e. The number of hydrogen-bond donors (Lipinski definition) is 0. The second kappa shape index (κ2) is 7.68. The molecule has 1 saturated carbocycles. The first-order chi connectivity index (χ1) is 12.3. The average molecular weight is 342 g/mol. The third kappa shape index (κ3) is 3.78. The molecule has 3 atom stereocenters. The van der Waals surface area contributed by atoms with Crippen LogP contribution in [0.3, 0.4) is 0 Å². The molecule has 5 heteroatoms. The molecule has 2 bridgehead atoms. The summed E-state index contributed by atoms with van der Waals surface area (Å²) in [6.45, 7) is 5.25. The van der Waals surface area contributed by atoms with E-state index in [1.807, 2.05) is 24.5 Å². The summed E-state index contributed by atoms with van der Waals surface area (Å²) >= 11 is 0. The molecule has 0 spiro atoms. The van der Waals surface area contributed by atoms with Crippen molar-refractivity contribution in [2.24, 2.45) is 0 Å². The highest BCUT2D eigenvalue weighted by Crippen LogP contribution is 2.33. The van der Waals surface area contributed by atoms with Gasteiger partial charge in [-0.05, 0) is 42.7 Å². The standard InChI is InChI=1S/C20H26N2O3/c1-2-16-3-4-17(25-16)13-22-11-12-23-19-6-5-18(22)20(19)24-14-15-7-9-21-10-8-15/h3-4,7-10,18-20H,2,5-6,11-14H2,1H3/t18-,19-,20+/m0/s1. The molecule has 1 aliphatic carbocycles. The van der Waals surface area contributed by atoms with Gasteiger partial charge >= 0.3 is 0 Å². The van der Waals surface area contributed by atoms with Gasteiger partial charge in [0.1, 0.15) is 11.5 Å². The van der Waals surface area contributed by atoms with Gasteiger partial charge < -0.3 is 13.9 Å². The Morgan fingerprint density at radius 2 is 2.00 bits per heavy atom. The van der Waals surface area contributed by atoms with Crippen LogP contribution < -0.4 is 0 Å². The molecule has 2 fully saturated rings. The third-order valence-corrected chi connectivity index (χ3v) is 5.29. The van der Waals surface area contributed by atoms with E-state index in [0.717, 1.165) is 56.0 Å². The summed E-state index contributed by atoms with van der Waals surface area (Å²) in [6.07, 6.45) is 7.08. The van der Waals surface area contributed by atoms with Crippen LogP contribution in [0, 0.1) is 0 Å². The normalized spacial score (nSPS) is 26.7. The Morgan fingerprint density at radius 3 is 2.80 bits per heavy atom. The van der Waals surface area contributed by atoms with Crippen LogP contribution in [-0.4, -0.2) is 41.3 Å². The molecule has 134 valence electrons. The number of pyridine rings is 1. The molecule has 0 radical (unpaired) electrons. The predicted octanol–water partition coefficient (Wildman–Crippen LogP) is 3.19. The lowest BCUT2D eigenvalue weighted by Crippen LogP contribution is -2.42. The summed E-state index contributed by atoms with van der Waals surface area (Å²) in [5.41, 5.74) is 1.16. The molecular formula is C20H26N2O3. The van der Waals surface area contributed by atoms with Gasteiger partial charge in [0.15, 0.2) is 0 Å². The molecule has 1 saturated heterocycles. The van der Waals surface area contributed by atoms with Gasteiger partial charge in [-0.1, -0.05) is 6.92 Å². The molecular weight excluding hydrogens is 316 g/mol. The van der Waals surface area contributed by atoms with Crippen molar-refractivity contribution in [1.29, 1.82) is 0 Å². The van der Waals surface area contributed by atoms with E-state index in [1.165, 1.54) is 0 Å². The molecule has 2 aromatic heterocycles. The van der Waals surface area contributed by atoms with Gasteiger partial charge in [-0.3, -0.25) is 9.88 Å². The van der Waals surface area contributed by atoms with Crippen molar-refractivity contribution < 1.29 is 13.9 Å². The second-order valence-corrected chi connectivity index (χ2v) is 6.88. The number of aromatic nitrogens is 1. The zero-order valence-corrected chi connectivity index (χ0v) is 14.8. The minimum absolute atomic E-state index is 0.122. The van der Waals surface area contributed by atoms with Gasteiger partial charge in [0, 0.05) is 31.4 Å². The largest absolute Gasteiger partial charge is 0.465 e. The summed E-state index contributed by atoms with van der Waals surface area (Å²) in [7, 11) is 0. The number of ether oxygens (including phenoxy) is 2. The highest BCUT2D eigenvalue weighted by molar-refractivity contribution is 5.10. The van der Waals surface area contributed by atoms with Crippen molar-refractivity contribution in [3.63, 3.8) is 0 Å². The summed E-state index contributed by atoms with van der Waals surface area (Å²) in [5.74, 6) is 2.09. The van der Waals surface area contributed by atoms with E-state index in [1.54, 1.807) is 0 Å². The Bertz CT molecular complexity index is 673. The van der Waals surface area contributed by atoms with E-state index >= 15 is 0 Å². The molecule has 0 amide bonds. The Balaban J connectivity index is 1.44. The molecule has 5 nitrogen and oxygen atoms in total. The number of fused-ring (bicyclic) bond motifs is 2. The van der Waals surface area contributed by atoms with Crippen LogP contribution in [-0.2, 0) is 29.0 Å². The van der Waals surface area contributed by atoms with Crippen molar-refractivity contribution in [3.8, 4) is 0 Å². The Kier molecular flexibility index (Phi) is 5.15. The molecule has 2 aliphatic rings. The van der Waals surface area contributed by atoms with Crippen molar-refractivity contribution in [3.05, 3.63) is 53.7 Å². The molecule has 4 rings (SSSR count). The van der Waals surface area contributed by atoms with Crippen LogP contribution in [0.5, 0.6) is 0 Å². The molecule has 0 N–H and O–H groups in total. The van der Waals surface area contributed by atoms with Crippen molar-refractivity contribution in [2.45, 2.75) is 57.6 Å². The fourth-order valence-corrected chi connectivity index (χ4v) is 3.95. The first-order valence-electron chi connectivity index (χ1n) is 9.27. The van der Waals surface area contributed by atoms with Gasteiger partial charge in [0.2, 0.25) is 0 Å². The van der Waals surface area contributed by atoms with Crippen molar-refractivity contribution in [1.82, 2.24) is 9.88 Å². The number of nitrogens with zero attached hydrogens (tertiary/aromatic N) is 2. The van der Waals surface area contributed by atoms with E-state index in [9.17, 15) is 0 Å². The predicted molar refractivity (Wildman–Crippen MR) is 94.1 cm³/mol. The second-order valence-electron chi connectivity index (χ2n) is 6.88. The Morgan fingerprint density at radius 1 is 1.16 bits per heavy atom. The topological polar surface area (TPSA) is 47.7 Å². The summed E-state index contributed by atoms with van der Waals surface area (Å²) in [6, 6.07) is 8.59. The summed E-state index contributed by atoms with van der Waals surface area (Å²) in [5, 5.41) is 0. The van der Waals surface area contributed by atoms with E-state index in [-0.39, 0.29) is 12.2 Å². The van der Waals surface area contributed by atoms with Crippen LogP contribution in [0.15, 0.2) is 41.1 Å². The van der Waals surface area contributed by atoms with Crippen LogP contribution in [0.1, 0.15) is 36.8 Å².